The van der Waals surface area contributed by atoms with Crippen LogP contribution in [-0.2, 0) is 11.3 Å². The first-order chi connectivity index (χ1) is 15.0. The van der Waals surface area contributed by atoms with Crippen LogP contribution < -0.4 is 10.2 Å². The van der Waals surface area contributed by atoms with E-state index in [4.69, 9.17) is 4.99 Å². The second-order valence-corrected chi connectivity index (χ2v) is 8.98. The Morgan fingerprint density at radius 2 is 1.90 bits per heavy atom. The number of carbonyl (C=O) groups excluding carboxylic acids is 1. The molecule has 0 spiro atoms. The van der Waals surface area contributed by atoms with E-state index in [1.807, 2.05) is 13.0 Å². The summed E-state index contributed by atoms with van der Waals surface area (Å²) < 4.78 is 13.4. The number of rotatable bonds is 3. The first-order valence-corrected chi connectivity index (χ1v) is 11.2. The molecule has 1 unspecified atom stereocenters. The van der Waals surface area contributed by atoms with Gasteiger partial charge < -0.3 is 10.2 Å². The van der Waals surface area contributed by atoms with Crippen LogP contribution in [0.5, 0.6) is 0 Å². The number of hydrogen-bond acceptors (Lipinski definition) is 4. The highest BCUT2D eigenvalue weighted by Crippen LogP contribution is 2.34. The average Bonchev–Trinajstić information content (AvgIpc) is 2.74. The fraction of sp³-hybridized carbons (Fsp3) is 0.440. The molecule has 1 fully saturated rings. The number of hydrogen-bond donors (Lipinski definition) is 1. The van der Waals surface area contributed by atoms with Crippen LogP contribution in [0, 0.1) is 25.6 Å². The first kappa shape index (κ1) is 20.2. The van der Waals surface area contributed by atoms with E-state index in [0.29, 0.717) is 0 Å². The molecule has 3 heterocycles. The number of benzene rings is 2. The minimum Gasteiger partial charge on any atom is -0.369 e. The predicted molar refractivity (Wildman–Crippen MR) is 123 cm³/mol. The Balaban J connectivity index is 1.30. The SMILES string of the molecule is Cc1cc(F)ccc1N1CCN(Cc2cc(C)c3c(c2)NC(=O)C2CCCN=C32)CC1. The van der Waals surface area contributed by atoms with Crippen LogP contribution >= 0.6 is 0 Å². The quantitative estimate of drug-likeness (QED) is 0.819. The average molecular weight is 421 g/mol. The molecule has 6 heteroatoms. The van der Waals surface area contributed by atoms with Crippen molar-refractivity contribution in [1.29, 1.82) is 0 Å². The lowest BCUT2D eigenvalue weighted by atomic mass is 9.83. The summed E-state index contributed by atoms with van der Waals surface area (Å²) in [7, 11) is 0. The molecule has 5 nitrogen and oxygen atoms in total. The number of carbonyl (C=O) groups is 1. The Morgan fingerprint density at radius 1 is 1.10 bits per heavy atom. The van der Waals surface area contributed by atoms with E-state index in [0.717, 1.165) is 80.3 Å². The van der Waals surface area contributed by atoms with Crippen LogP contribution in [0.3, 0.4) is 0 Å². The molecule has 1 atom stereocenters. The van der Waals surface area contributed by atoms with Crippen molar-refractivity contribution in [3.8, 4) is 0 Å². The Hall–Kier alpha value is -2.73. The number of nitrogens with zero attached hydrogens (tertiary/aromatic N) is 3. The van der Waals surface area contributed by atoms with Crippen molar-refractivity contribution in [3.05, 3.63) is 58.4 Å². The lowest BCUT2D eigenvalue weighted by Crippen LogP contribution is -2.46. The summed E-state index contributed by atoms with van der Waals surface area (Å²) >= 11 is 0. The van der Waals surface area contributed by atoms with Gasteiger partial charge in [0.05, 0.1) is 17.3 Å². The number of nitrogens with one attached hydrogen (secondary N) is 1. The molecule has 1 saturated heterocycles. The second-order valence-electron chi connectivity index (χ2n) is 8.98. The third-order valence-corrected chi connectivity index (χ3v) is 6.77. The summed E-state index contributed by atoms with van der Waals surface area (Å²) in [4.78, 5) is 22.1. The normalized spacial score (nSPS) is 21.3. The molecule has 0 aliphatic carbocycles. The fourth-order valence-corrected chi connectivity index (χ4v) is 5.24. The highest BCUT2D eigenvalue weighted by molar-refractivity contribution is 6.23. The van der Waals surface area contributed by atoms with Crippen LogP contribution in [-0.4, -0.2) is 49.2 Å². The molecule has 1 amide bonds. The number of aliphatic imine (C=N–C) groups is 1. The minimum absolute atomic E-state index is 0.0887. The second kappa shape index (κ2) is 8.08. The van der Waals surface area contributed by atoms with Crippen LogP contribution in [0.2, 0.25) is 0 Å². The summed E-state index contributed by atoms with van der Waals surface area (Å²) in [5.41, 5.74) is 7.55. The van der Waals surface area contributed by atoms with Gasteiger partial charge in [-0.3, -0.25) is 14.7 Å². The van der Waals surface area contributed by atoms with E-state index >= 15 is 0 Å². The number of aryl methyl sites for hydroxylation is 2. The van der Waals surface area contributed by atoms with Gasteiger partial charge >= 0.3 is 0 Å². The van der Waals surface area contributed by atoms with Gasteiger partial charge in [-0.15, -0.1) is 0 Å². The Labute approximate surface area is 183 Å². The van der Waals surface area contributed by atoms with Crippen molar-refractivity contribution in [1.82, 2.24) is 4.90 Å². The zero-order chi connectivity index (χ0) is 21.5. The fourth-order valence-electron chi connectivity index (χ4n) is 5.24. The van der Waals surface area contributed by atoms with Gasteiger partial charge in [0.15, 0.2) is 0 Å². The van der Waals surface area contributed by atoms with Gasteiger partial charge in [0, 0.05) is 50.5 Å². The van der Waals surface area contributed by atoms with E-state index in [9.17, 15) is 9.18 Å². The first-order valence-electron chi connectivity index (χ1n) is 11.2. The van der Waals surface area contributed by atoms with Crippen LogP contribution in [0.4, 0.5) is 15.8 Å². The van der Waals surface area contributed by atoms with Gasteiger partial charge in [-0.1, -0.05) is 6.07 Å². The van der Waals surface area contributed by atoms with Gasteiger partial charge in [-0.05, 0) is 67.6 Å². The topological polar surface area (TPSA) is 47.9 Å². The molecule has 1 N–H and O–H groups in total. The Morgan fingerprint density at radius 3 is 2.68 bits per heavy atom. The van der Waals surface area contributed by atoms with Crippen LogP contribution in [0.1, 0.15) is 35.1 Å². The van der Waals surface area contributed by atoms with Crippen molar-refractivity contribution in [2.45, 2.75) is 33.2 Å². The van der Waals surface area contributed by atoms with Crippen molar-refractivity contribution < 1.29 is 9.18 Å². The maximum atomic E-state index is 13.4. The van der Waals surface area contributed by atoms with Crippen molar-refractivity contribution in [2.75, 3.05) is 42.9 Å². The molecule has 5 rings (SSSR count). The molecule has 0 saturated carbocycles. The number of piperazine rings is 1. The Kier molecular flexibility index (Phi) is 5.26. The number of anilines is 2. The summed E-state index contributed by atoms with van der Waals surface area (Å²) in [6, 6.07) is 9.41. The Bertz CT molecular complexity index is 1060. The predicted octanol–water partition coefficient (Wildman–Crippen LogP) is 3.92. The molecule has 0 radical (unpaired) electrons. The van der Waals surface area contributed by atoms with Gasteiger partial charge in [0.2, 0.25) is 5.91 Å². The van der Waals surface area contributed by atoms with E-state index in [-0.39, 0.29) is 17.6 Å². The molecule has 3 aliphatic heterocycles. The monoisotopic (exact) mass is 420 g/mol. The zero-order valence-electron chi connectivity index (χ0n) is 18.2. The zero-order valence-corrected chi connectivity index (χ0v) is 18.2. The van der Waals surface area contributed by atoms with Crippen LogP contribution in [0.25, 0.3) is 0 Å². The van der Waals surface area contributed by atoms with E-state index in [1.54, 1.807) is 12.1 Å². The summed E-state index contributed by atoms with van der Waals surface area (Å²) in [5.74, 6) is -0.181. The number of amides is 1. The lowest BCUT2D eigenvalue weighted by molar-refractivity contribution is -0.118. The summed E-state index contributed by atoms with van der Waals surface area (Å²) in [6.07, 6.45) is 1.88. The molecule has 0 aromatic heterocycles. The van der Waals surface area contributed by atoms with Crippen molar-refractivity contribution in [2.24, 2.45) is 10.9 Å². The molecule has 162 valence electrons. The highest BCUT2D eigenvalue weighted by atomic mass is 19.1. The van der Waals surface area contributed by atoms with E-state index in [1.165, 1.54) is 11.1 Å². The van der Waals surface area contributed by atoms with E-state index in [2.05, 4.69) is 34.2 Å². The molecular formula is C25H29FN4O. The maximum Gasteiger partial charge on any atom is 0.233 e. The maximum absolute atomic E-state index is 13.4. The minimum atomic E-state index is -0.180. The van der Waals surface area contributed by atoms with Gasteiger partial charge in [-0.2, -0.15) is 0 Å². The molecule has 3 aliphatic rings. The number of fused-ring (bicyclic) bond motifs is 3. The standard InChI is InChI=1S/C25H29FN4O/c1-16-13-19(26)5-6-22(16)30-10-8-29(9-11-30)15-18-12-17(2)23-21(14-18)28-25(31)20-4-3-7-27-24(20)23/h5-6,12-14,20H,3-4,7-11,15H2,1-2H3,(H,28,31). The van der Waals surface area contributed by atoms with Gasteiger partial charge in [0.25, 0.3) is 0 Å². The largest absolute Gasteiger partial charge is 0.369 e. The summed E-state index contributed by atoms with van der Waals surface area (Å²) in [5, 5.41) is 3.14. The molecule has 2 aromatic carbocycles. The molecular weight excluding hydrogens is 391 g/mol. The van der Waals surface area contributed by atoms with Gasteiger partial charge in [0.1, 0.15) is 5.82 Å². The molecule has 0 bridgehead atoms. The van der Waals surface area contributed by atoms with Gasteiger partial charge in [-0.25, -0.2) is 4.39 Å². The molecule has 31 heavy (non-hydrogen) atoms. The van der Waals surface area contributed by atoms with Crippen molar-refractivity contribution in [3.63, 3.8) is 0 Å². The smallest absolute Gasteiger partial charge is 0.233 e. The number of halogens is 1. The van der Waals surface area contributed by atoms with E-state index < -0.39 is 0 Å². The van der Waals surface area contributed by atoms with Crippen molar-refractivity contribution >= 4 is 23.0 Å². The third kappa shape index (κ3) is 3.85. The lowest BCUT2D eigenvalue weighted by Gasteiger charge is -2.37. The molecule has 2 aromatic rings. The highest BCUT2D eigenvalue weighted by Gasteiger charge is 2.34. The van der Waals surface area contributed by atoms with Crippen LogP contribution in [0.15, 0.2) is 35.3 Å². The third-order valence-electron chi connectivity index (χ3n) is 6.77. The summed E-state index contributed by atoms with van der Waals surface area (Å²) in [6.45, 7) is 9.52.